The van der Waals surface area contributed by atoms with Gasteiger partial charge in [-0.2, -0.15) is 0 Å². The number of carbonyl (C=O) groups excluding carboxylic acids is 2. The van der Waals surface area contributed by atoms with Gasteiger partial charge in [0.05, 0.1) is 17.3 Å². The molecule has 3 aromatic rings. The molecule has 0 aliphatic heterocycles. The van der Waals surface area contributed by atoms with Crippen LogP contribution in [0.3, 0.4) is 0 Å². The van der Waals surface area contributed by atoms with Crippen LogP contribution in [0.25, 0.3) is 10.9 Å². The third kappa shape index (κ3) is 4.34. The van der Waals surface area contributed by atoms with Crippen LogP contribution in [0.1, 0.15) is 40.7 Å². The second-order valence-corrected chi connectivity index (χ2v) is 6.83. The largest absolute Gasteiger partial charge is 0.454 e. The standard InChI is InChI=1S/C22H22N2O4/c1-13-8-9-16(12-14(13)2)21(26)15(3)28-20(25)11-10-19-23-18-7-5-4-6-17(18)22(27)24-19/h4-9,12,15H,10-11H2,1-3H3,(H,23,24,27)/t15-/m1/s1. The van der Waals surface area contributed by atoms with E-state index < -0.39 is 12.1 Å². The number of aryl methyl sites for hydroxylation is 3. The first-order chi connectivity index (χ1) is 13.3. The summed E-state index contributed by atoms with van der Waals surface area (Å²) in [5.74, 6) is -0.344. The van der Waals surface area contributed by atoms with Gasteiger partial charge in [0.2, 0.25) is 5.78 Å². The van der Waals surface area contributed by atoms with Crippen molar-refractivity contribution in [1.82, 2.24) is 9.97 Å². The van der Waals surface area contributed by atoms with Crippen molar-refractivity contribution < 1.29 is 14.3 Å². The molecule has 0 fully saturated rings. The summed E-state index contributed by atoms with van der Waals surface area (Å²) >= 11 is 0. The highest BCUT2D eigenvalue weighted by atomic mass is 16.5. The molecule has 1 aromatic heterocycles. The molecule has 2 aromatic carbocycles. The molecule has 0 spiro atoms. The number of ether oxygens (including phenoxy) is 1. The maximum atomic E-state index is 12.5. The van der Waals surface area contributed by atoms with Gasteiger partial charge in [0, 0.05) is 12.0 Å². The molecule has 28 heavy (non-hydrogen) atoms. The number of rotatable bonds is 6. The molecule has 0 amide bonds. The fourth-order valence-corrected chi connectivity index (χ4v) is 2.91. The summed E-state index contributed by atoms with van der Waals surface area (Å²) in [6.45, 7) is 5.46. The molecule has 6 nitrogen and oxygen atoms in total. The van der Waals surface area contributed by atoms with Crippen molar-refractivity contribution in [2.45, 2.75) is 39.7 Å². The predicted octanol–water partition coefficient (Wildman–Crippen LogP) is 3.29. The summed E-state index contributed by atoms with van der Waals surface area (Å²) in [4.78, 5) is 43.7. The highest BCUT2D eigenvalue weighted by Gasteiger charge is 2.20. The lowest BCUT2D eigenvalue weighted by Gasteiger charge is -2.13. The maximum absolute atomic E-state index is 12.5. The minimum atomic E-state index is -0.877. The van der Waals surface area contributed by atoms with E-state index in [1.54, 1.807) is 43.3 Å². The number of carbonyl (C=O) groups is 2. The lowest BCUT2D eigenvalue weighted by atomic mass is 10.0. The van der Waals surface area contributed by atoms with Crippen molar-refractivity contribution in [3.63, 3.8) is 0 Å². The van der Waals surface area contributed by atoms with E-state index in [-0.39, 0.29) is 24.2 Å². The highest BCUT2D eigenvalue weighted by molar-refractivity contribution is 6.00. The zero-order valence-corrected chi connectivity index (χ0v) is 16.1. The molecule has 0 unspecified atom stereocenters. The Morgan fingerprint density at radius 1 is 1.11 bits per heavy atom. The quantitative estimate of drug-likeness (QED) is 0.525. The van der Waals surface area contributed by atoms with E-state index in [4.69, 9.17) is 4.74 Å². The fraction of sp³-hybridized carbons (Fsp3) is 0.273. The first kappa shape index (κ1) is 19.5. The van der Waals surface area contributed by atoms with E-state index in [0.717, 1.165) is 11.1 Å². The molecule has 1 heterocycles. The molecule has 0 aliphatic rings. The molecule has 0 aliphatic carbocycles. The number of aromatic nitrogens is 2. The molecule has 1 N–H and O–H groups in total. The number of para-hydroxylation sites is 1. The van der Waals surface area contributed by atoms with Gasteiger partial charge in [-0.25, -0.2) is 4.98 Å². The van der Waals surface area contributed by atoms with Crippen LogP contribution in [0.4, 0.5) is 0 Å². The number of esters is 1. The number of nitrogens with one attached hydrogen (secondary N) is 1. The zero-order valence-electron chi connectivity index (χ0n) is 16.1. The summed E-state index contributed by atoms with van der Waals surface area (Å²) in [6, 6.07) is 12.4. The molecule has 0 saturated carbocycles. The van der Waals surface area contributed by atoms with Gasteiger partial charge in [0.15, 0.2) is 6.10 Å². The van der Waals surface area contributed by atoms with Crippen LogP contribution >= 0.6 is 0 Å². The lowest BCUT2D eigenvalue weighted by Crippen LogP contribution is -2.25. The normalized spacial score (nSPS) is 12.0. The minimum absolute atomic E-state index is 0.0197. The van der Waals surface area contributed by atoms with Gasteiger partial charge in [0.25, 0.3) is 5.56 Å². The summed E-state index contributed by atoms with van der Waals surface area (Å²) in [7, 11) is 0. The number of nitrogens with zero attached hydrogens (tertiary/aromatic N) is 1. The Balaban J connectivity index is 1.61. The van der Waals surface area contributed by atoms with Gasteiger partial charge >= 0.3 is 5.97 Å². The number of H-pyrrole nitrogens is 1. The first-order valence-electron chi connectivity index (χ1n) is 9.14. The minimum Gasteiger partial charge on any atom is -0.454 e. The van der Waals surface area contributed by atoms with Gasteiger partial charge < -0.3 is 9.72 Å². The molecular weight excluding hydrogens is 356 g/mol. The SMILES string of the molecule is Cc1ccc(C(=O)[C@@H](C)OC(=O)CCc2nc3ccccc3c(=O)[nH]2)cc1C. The van der Waals surface area contributed by atoms with E-state index in [0.29, 0.717) is 22.3 Å². The van der Waals surface area contributed by atoms with Crippen LogP contribution in [0.2, 0.25) is 0 Å². The van der Waals surface area contributed by atoms with Crippen LogP contribution < -0.4 is 5.56 Å². The number of hydrogen-bond acceptors (Lipinski definition) is 5. The second kappa shape index (κ2) is 8.17. The topological polar surface area (TPSA) is 89.1 Å². The molecular formula is C22H22N2O4. The molecule has 3 rings (SSSR count). The van der Waals surface area contributed by atoms with Crippen molar-refractivity contribution in [1.29, 1.82) is 0 Å². The summed E-state index contributed by atoms with van der Waals surface area (Å²) in [5, 5.41) is 0.501. The molecule has 0 saturated heterocycles. The van der Waals surface area contributed by atoms with Crippen LogP contribution in [0.5, 0.6) is 0 Å². The van der Waals surface area contributed by atoms with Crippen LogP contribution in [-0.4, -0.2) is 27.8 Å². The molecule has 0 radical (unpaired) electrons. The fourth-order valence-electron chi connectivity index (χ4n) is 2.91. The molecule has 144 valence electrons. The van der Waals surface area contributed by atoms with Crippen LogP contribution in [-0.2, 0) is 16.0 Å². The Hall–Kier alpha value is -3.28. The van der Waals surface area contributed by atoms with E-state index in [2.05, 4.69) is 9.97 Å². The Morgan fingerprint density at radius 2 is 1.86 bits per heavy atom. The number of benzene rings is 2. The van der Waals surface area contributed by atoms with Gasteiger partial charge in [-0.3, -0.25) is 14.4 Å². The molecule has 6 heteroatoms. The third-order valence-corrected chi connectivity index (χ3v) is 4.70. The van der Waals surface area contributed by atoms with Crippen LogP contribution in [0.15, 0.2) is 47.3 Å². The monoisotopic (exact) mass is 378 g/mol. The van der Waals surface area contributed by atoms with E-state index in [1.807, 2.05) is 19.9 Å². The number of ketones is 1. The van der Waals surface area contributed by atoms with Gasteiger partial charge in [0.1, 0.15) is 5.82 Å². The van der Waals surface area contributed by atoms with E-state index in [9.17, 15) is 14.4 Å². The average molecular weight is 378 g/mol. The Labute approximate surface area is 162 Å². The Kier molecular flexibility index (Phi) is 5.68. The smallest absolute Gasteiger partial charge is 0.306 e. The number of fused-ring (bicyclic) bond motifs is 1. The number of hydrogen-bond donors (Lipinski definition) is 1. The maximum Gasteiger partial charge on any atom is 0.306 e. The van der Waals surface area contributed by atoms with Gasteiger partial charge in [-0.15, -0.1) is 0 Å². The van der Waals surface area contributed by atoms with E-state index >= 15 is 0 Å². The van der Waals surface area contributed by atoms with Crippen molar-refractivity contribution in [2.24, 2.45) is 0 Å². The van der Waals surface area contributed by atoms with Crippen molar-refractivity contribution in [3.8, 4) is 0 Å². The van der Waals surface area contributed by atoms with Gasteiger partial charge in [-0.1, -0.05) is 24.3 Å². The Morgan fingerprint density at radius 3 is 2.61 bits per heavy atom. The van der Waals surface area contributed by atoms with Crippen molar-refractivity contribution in [3.05, 3.63) is 75.3 Å². The highest BCUT2D eigenvalue weighted by Crippen LogP contribution is 2.13. The van der Waals surface area contributed by atoms with E-state index in [1.165, 1.54) is 0 Å². The summed E-state index contributed by atoms with van der Waals surface area (Å²) in [6.07, 6.45) is -0.631. The summed E-state index contributed by atoms with van der Waals surface area (Å²) < 4.78 is 5.27. The summed E-state index contributed by atoms with van der Waals surface area (Å²) in [5.41, 5.74) is 2.96. The predicted molar refractivity (Wildman–Crippen MR) is 106 cm³/mol. The van der Waals surface area contributed by atoms with Crippen molar-refractivity contribution in [2.75, 3.05) is 0 Å². The Bertz CT molecular complexity index is 1100. The number of aromatic amines is 1. The first-order valence-corrected chi connectivity index (χ1v) is 9.14. The van der Waals surface area contributed by atoms with Crippen LogP contribution in [0, 0.1) is 13.8 Å². The molecule has 0 bridgehead atoms. The average Bonchev–Trinajstić information content (AvgIpc) is 2.68. The third-order valence-electron chi connectivity index (χ3n) is 4.70. The number of Topliss-reactive ketones (excluding diaryl/α,β-unsaturated/α-hetero) is 1. The molecule has 1 atom stereocenters. The second-order valence-electron chi connectivity index (χ2n) is 6.83. The van der Waals surface area contributed by atoms with Crippen molar-refractivity contribution >= 4 is 22.7 Å². The zero-order chi connectivity index (χ0) is 20.3. The van der Waals surface area contributed by atoms with Gasteiger partial charge in [-0.05, 0) is 50.1 Å². The lowest BCUT2D eigenvalue weighted by molar-refractivity contribution is -0.146.